The Morgan fingerprint density at radius 2 is 2.17 bits per heavy atom. The summed E-state index contributed by atoms with van der Waals surface area (Å²) in [6.07, 6.45) is -2.68. The van der Waals surface area contributed by atoms with Crippen molar-refractivity contribution >= 4 is 5.91 Å². The average molecular weight is 172 g/mol. The number of hydrogen-bond donors (Lipinski definition) is 1. The minimum Gasteiger partial charge on any atom is -0.364 e. The van der Waals surface area contributed by atoms with Crippen LogP contribution in [0.25, 0.3) is 0 Å². The fourth-order valence-corrected chi connectivity index (χ4v) is 0.710. The van der Waals surface area contributed by atoms with E-state index in [-0.39, 0.29) is 5.69 Å². The standard InChI is InChI=1S/C7H6F2N2O/c8-6(9)4-2-1-3-5(11-4)7(10)12/h1-3,6H,(H2,10,12). The minimum absolute atomic E-state index is 0.146. The molecule has 64 valence electrons. The molecule has 1 aromatic heterocycles. The summed E-state index contributed by atoms with van der Waals surface area (Å²) in [4.78, 5) is 13.8. The molecule has 0 unspecified atom stereocenters. The van der Waals surface area contributed by atoms with Crippen molar-refractivity contribution in [3.8, 4) is 0 Å². The van der Waals surface area contributed by atoms with Crippen LogP contribution in [0.2, 0.25) is 0 Å². The molecule has 1 aromatic rings. The monoisotopic (exact) mass is 172 g/mol. The molecule has 2 N–H and O–H groups in total. The van der Waals surface area contributed by atoms with Gasteiger partial charge in [0.25, 0.3) is 12.3 Å². The van der Waals surface area contributed by atoms with Gasteiger partial charge in [-0.1, -0.05) is 6.07 Å². The predicted octanol–water partition coefficient (Wildman–Crippen LogP) is 1.12. The van der Waals surface area contributed by atoms with Gasteiger partial charge in [-0.3, -0.25) is 4.79 Å². The molecule has 3 nitrogen and oxygen atoms in total. The summed E-state index contributed by atoms with van der Waals surface area (Å²) in [6.45, 7) is 0. The number of nitrogens with two attached hydrogens (primary N) is 1. The number of nitrogens with zero attached hydrogens (tertiary/aromatic N) is 1. The maximum absolute atomic E-state index is 12.0. The second-order valence-electron chi connectivity index (χ2n) is 2.11. The lowest BCUT2D eigenvalue weighted by Gasteiger charge is -1.99. The van der Waals surface area contributed by atoms with E-state index < -0.39 is 18.0 Å². The first-order valence-electron chi connectivity index (χ1n) is 3.16. The number of carbonyl (C=O) groups excluding carboxylic acids is 1. The number of rotatable bonds is 2. The van der Waals surface area contributed by atoms with Gasteiger partial charge in [0.1, 0.15) is 11.4 Å². The lowest BCUT2D eigenvalue weighted by atomic mass is 10.3. The third kappa shape index (κ3) is 1.75. The molecule has 5 heteroatoms. The molecule has 0 radical (unpaired) electrons. The van der Waals surface area contributed by atoms with Crippen LogP contribution >= 0.6 is 0 Å². The Bertz CT molecular complexity index is 301. The van der Waals surface area contributed by atoms with Crippen LogP contribution in [0, 0.1) is 0 Å². The molecule has 12 heavy (non-hydrogen) atoms. The number of pyridine rings is 1. The predicted molar refractivity (Wildman–Crippen MR) is 37.7 cm³/mol. The Morgan fingerprint density at radius 1 is 1.50 bits per heavy atom. The Balaban J connectivity index is 3.04. The molecule has 0 atom stereocenters. The Kier molecular flexibility index (Phi) is 2.32. The summed E-state index contributed by atoms with van der Waals surface area (Å²) >= 11 is 0. The van der Waals surface area contributed by atoms with E-state index >= 15 is 0 Å². The van der Waals surface area contributed by atoms with E-state index in [4.69, 9.17) is 5.73 Å². The van der Waals surface area contributed by atoms with Gasteiger partial charge in [0.2, 0.25) is 0 Å². The zero-order chi connectivity index (χ0) is 9.14. The number of amides is 1. The second-order valence-corrected chi connectivity index (χ2v) is 2.11. The Labute approximate surface area is 67.2 Å². The van der Waals surface area contributed by atoms with Gasteiger partial charge in [-0.15, -0.1) is 0 Å². The smallest absolute Gasteiger partial charge is 0.280 e. The van der Waals surface area contributed by atoms with Crippen molar-refractivity contribution in [3.63, 3.8) is 0 Å². The summed E-state index contributed by atoms with van der Waals surface area (Å²) in [5.41, 5.74) is 4.25. The van der Waals surface area contributed by atoms with Gasteiger partial charge in [-0.05, 0) is 12.1 Å². The highest BCUT2D eigenvalue weighted by molar-refractivity contribution is 5.90. The molecule has 1 amide bonds. The highest BCUT2D eigenvalue weighted by atomic mass is 19.3. The average Bonchev–Trinajstić information content (AvgIpc) is 2.04. The zero-order valence-corrected chi connectivity index (χ0v) is 6.00. The van der Waals surface area contributed by atoms with E-state index in [0.29, 0.717) is 0 Å². The minimum atomic E-state index is -2.68. The van der Waals surface area contributed by atoms with E-state index in [2.05, 4.69) is 4.98 Å². The summed E-state index contributed by atoms with van der Waals surface area (Å²) < 4.78 is 24.0. The fourth-order valence-electron chi connectivity index (χ4n) is 0.710. The lowest BCUT2D eigenvalue weighted by Crippen LogP contribution is -2.13. The van der Waals surface area contributed by atoms with Crippen molar-refractivity contribution in [1.82, 2.24) is 4.98 Å². The number of aromatic nitrogens is 1. The molecule has 0 aromatic carbocycles. The van der Waals surface area contributed by atoms with Crippen LogP contribution in [0.15, 0.2) is 18.2 Å². The first-order valence-corrected chi connectivity index (χ1v) is 3.16. The third-order valence-corrected chi connectivity index (χ3v) is 1.25. The van der Waals surface area contributed by atoms with Crippen LogP contribution in [0.4, 0.5) is 8.78 Å². The highest BCUT2D eigenvalue weighted by Gasteiger charge is 2.10. The van der Waals surface area contributed by atoms with E-state index in [0.717, 1.165) is 6.07 Å². The van der Waals surface area contributed by atoms with Crippen LogP contribution in [0.5, 0.6) is 0 Å². The maximum atomic E-state index is 12.0. The summed E-state index contributed by atoms with van der Waals surface area (Å²) in [5.74, 6) is -0.808. The number of alkyl halides is 2. The molecule has 0 spiro atoms. The first-order chi connectivity index (χ1) is 5.61. The topological polar surface area (TPSA) is 56.0 Å². The van der Waals surface area contributed by atoms with Crippen LogP contribution in [0.1, 0.15) is 22.6 Å². The van der Waals surface area contributed by atoms with Crippen molar-refractivity contribution in [2.75, 3.05) is 0 Å². The van der Waals surface area contributed by atoms with E-state index in [1.54, 1.807) is 0 Å². The lowest BCUT2D eigenvalue weighted by molar-refractivity contribution is 0.0993. The van der Waals surface area contributed by atoms with E-state index in [1.807, 2.05) is 0 Å². The SMILES string of the molecule is NC(=O)c1cccc(C(F)F)n1. The number of hydrogen-bond acceptors (Lipinski definition) is 2. The molecule has 0 aliphatic heterocycles. The third-order valence-electron chi connectivity index (χ3n) is 1.25. The van der Waals surface area contributed by atoms with Crippen LogP contribution in [-0.4, -0.2) is 10.9 Å². The van der Waals surface area contributed by atoms with Crippen molar-refractivity contribution in [2.45, 2.75) is 6.43 Å². The van der Waals surface area contributed by atoms with E-state index in [1.165, 1.54) is 12.1 Å². The normalized spacial score (nSPS) is 10.2. The van der Waals surface area contributed by atoms with Crippen LogP contribution in [-0.2, 0) is 0 Å². The molecule has 0 aliphatic rings. The maximum Gasteiger partial charge on any atom is 0.280 e. The van der Waals surface area contributed by atoms with Gasteiger partial charge < -0.3 is 5.73 Å². The molecular weight excluding hydrogens is 166 g/mol. The molecule has 0 fully saturated rings. The number of carbonyl (C=O) groups is 1. The Hall–Kier alpha value is -1.52. The van der Waals surface area contributed by atoms with Crippen molar-refractivity contribution in [2.24, 2.45) is 5.73 Å². The largest absolute Gasteiger partial charge is 0.364 e. The molecular formula is C7H6F2N2O. The van der Waals surface area contributed by atoms with Gasteiger partial charge in [-0.2, -0.15) is 0 Å². The Morgan fingerprint density at radius 3 is 2.67 bits per heavy atom. The van der Waals surface area contributed by atoms with Crippen molar-refractivity contribution < 1.29 is 13.6 Å². The summed E-state index contributed by atoms with van der Waals surface area (Å²) in [7, 11) is 0. The van der Waals surface area contributed by atoms with Gasteiger partial charge >= 0.3 is 0 Å². The number of primary amides is 1. The number of halogens is 2. The quantitative estimate of drug-likeness (QED) is 0.726. The summed E-state index contributed by atoms with van der Waals surface area (Å²) in [5, 5.41) is 0. The van der Waals surface area contributed by atoms with Crippen LogP contribution in [0.3, 0.4) is 0 Å². The fraction of sp³-hybridized carbons (Fsp3) is 0.143. The molecule has 0 saturated carbocycles. The van der Waals surface area contributed by atoms with Gasteiger partial charge in [-0.25, -0.2) is 13.8 Å². The highest BCUT2D eigenvalue weighted by Crippen LogP contribution is 2.15. The van der Waals surface area contributed by atoms with Gasteiger partial charge in [0.05, 0.1) is 0 Å². The zero-order valence-electron chi connectivity index (χ0n) is 6.00. The first kappa shape index (κ1) is 8.58. The molecule has 0 saturated heterocycles. The van der Waals surface area contributed by atoms with Gasteiger partial charge in [0, 0.05) is 0 Å². The molecule has 1 heterocycles. The molecule has 0 bridgehead atoms. The van der Waals surface area contributed by atoms with Crippen LogP contribution < -0.4 is 5.73 Å². The molecule has 0 aliphatic carbocycles. The second kappa shape index (κ2) is 3.25. The molecule has 1 rings (SSSR count). The summed E-state index contributed by atoms with van der Waals surface area (Å²) in [6, 6.07) is 3.74. The van der Waals surface area contributed by atoms with Gasteiger partial charge in [0.15, 0.2) is 0 Å². The van der Waals surface area contributed by atoms with Crippen molar-refractivity contribution in [1.29, 1.82) is 0 Å². The van der Waals surface area contributed by atoms with Crippen molar-refractivity contribution in [3.05, 3.63) is 29.6 Å². The van der Waals surface area contributed by atoms with E-state index in [9.17, 15) is 13.6 Å².